The van der Waals surface area contributed by atoms with Gasteiger partial charge in [0, 0.05) is 6.04 Å². The van der Waals surface area contributed by atoms with Crippen LogP contribution in [-0.2, 0) is 4.79 Å². The lowest BCUT2D eigenvalue weighted by atomic mass is 10.1. The number of nitrogens with zero attached hydrogens (tertiary/aromatic N) is 2. The van der Waals surface area contributed by atoms with Crippen LogP contribution in [0.3, 0.4) is 0 Å². The van der Waals surface area contributed by atoms with Crippen molar-refractivity contribution in [1.29, 1.82) is 0 Å². The quantitative estimate of drug-likeness (QED) is 0.713. The molecule has 0 radical (unpaired) electrons. The SMILES string of the molecule is O=C(CSc1n[nH]c(/C=C/c2ccccc2)n1)NC(C1CC1)C1CC1. The monoisotopic (exact) mass is 354 g/mol. The lowest BCUT2D eigenvalue weighted by Gasteiger charge is -2.17. The Hall–Kier alpha value is -2.08. The first-order chi connectivity index (χ1) is 12.3. The minimum Gasteiger partial charge on any atom is -0.352 e. The summed E-state index contributed by atoms with van der Waals surface area (Å²) in [6.45, 7) is 0. The van der Waals surface area contributed by atoms with Crippen LogP contribution in [0.5, 0.6) is 0 Å². The fourth-order valence-electron chi connectivity index (χ4n) is 3.03. The molecule has 0 atom stereocenters. The number of H-pyrrole nitrogens is 1. The van der Waals surface area contributed by atoms with E-state index in [1.165, 1.54) is 37.4 Å². The third-order valence-electron chi connectivity index (χ3n) is 4.64. The van der Waals surface area contributed by atoms with Crippen LogP contribution in [0, 0.1) is 11.8 Å². The van der Waals surface area contributed by atoms with E-state index in [0.717, 1.165) is 17.4 Å². The van der Waals surface area contributed by atoms with Crippen molar-refractivity contribution in [2.45, 2.75) is 36.9 Å². The van der Waals surface area contributed by atoms with Crippen LogP contribution in [0.4, 0.5) is 0 Å². The molecule has 4 rings (SSSR count). The summed E-state index contributed by atoms with van der Waals surface area (Å²) < 4.78 is 0. The molecule has 2 aliphatic rings. The molecule has 0 saturated heterocycles. The number of amides is 1. The van der Waals surface area contributed by atoms with Crippen molar-refractivity contribution in [3.8, 4) is 0 Å². The number of aromatic nitrogens is 3. The van der Waals surface area contributed by atoms with Gasteiger partial charge in [-0.2, -0.15) is 0 Å². The smallest absolute Gasteiger partial charge is 0.230 e. The molecule has 25 heavy (non-hydrogen) atoms. The highest BCUT2D eigenvalue weighted by atomic mass is 32.2. The molecule has 2 aliphatic carbocycles. The van der Waals surface area contributed by atoms with Gasteiger partial charge in [-0.05, 0) is 49.2 Å². The molecule has 0 unspecified atom stereocenters. The Morgan fingerprint density at radius 1 is 1.20 bits per heavy atom. The molecule has 5 nitrogen and oxygen atoms in total. The fraction of sp³-hybridized carbons (Fsp3) is 0.421. The highest BCUT2D eigenvalue weighted by molar-refractivity contribution is 7.99. The maximum Gasteiger partial charge on any atom is 0.230 e. The Balaban J connectivity index is 1.26. The number of carbonyl (C=O) groups excluding carboxylic acids is 1. The zero-order chi connectivity index (χ0) is 17.1. The summed E-state index contributed by atoms with van der Waals surface area (Å²) in [5.74, 6) is 2.61. The topological polar surface area (TPSA) is 70.7 Å². The molecule has 2 N–H and O–H groups in total. The first-order valence-corrected chi connectivity index (χ1v) is 9.84. The van der Waals surface area contributed by atoms with Gasteiger partial charge in [0.15, 0.2) is 0 Å². The third kappa shape index (κ3) is 4.72. The molecule has 6 heteroatoms. The molecular formula is C19H22N4OS. The van der Waals surface area contributed by atoms with Crippen LogP contribution in [0.15, 0.2) is 35.5 Å². The van der Waals surface area contributed by atoms with E-state index in [1.54, 1.807) is 0 Å². The molecule has 1 aromatic carbocycles. The minimum atomic E-state index is 0.0972. The van der Waals surface area contributed by atoms with Crippen LogP contribution in [-0.4, -0.2) is 32.9 Å². The standard InChI is InChI=1S/C19H22N4OS/c24-17(21-18(14-7-8-14)15-9-10-15)12-25-19-20-16(22-23-19)11-6-13-4-2-1-3-5-13/h1-6,11,14-15,18H,7-10,12H2,(H,21,24)(H,20,22,23)/b11-6+. The van der Waals surface area contributed by atoms with Gasteiger partial charge < -0.3 is 5.32 Å². The van der Waals surface area contributed by atoms with Crippen molar-refractivity contribution < 1.29 is 4.79 Å². The number of rotatable bonds is 8. The van der Waals surface area contributed by atoms with Crippen LogP contribution in [0.25, 0.3) is 12.2 Å². The number of thioether (sulfide) groups is 1. The van der Waals surface area contributed by atoms with E-state index < -0.39 is 0 Å². The number of aromatic amines is 1. The molecule has 0 aliphatic heterocycles. The second kappa shape index (κ2) is 7.44. The van der Waals surface area contributed by atoms with E-state index in [-0.39, 0.29) is 5.91 Å². The van der Waals surface area contributed by atoms with Crippen LogP contribution in [0.2, 0.25) is 0 Å². The Labute approximate surface area is 151 Å². The van der Waals surface area contributed by atoms with Gasteiger partial charge >= 0.3 is 0 Å². The van der Waals surface area contributed by atoms with Crippen molar-refractivity contribution >= 4 is 29.8 Å². The van der Waals surface area contributed by atoms with E-state index >= 15 is 0 Å². The molecular weight excluding hydrogens is 332 g/mol. The Kier molecular flexibility index (Phi) is 4.88. The van der Waals surface area contributed by atoms with E-state index in [1.807, 2.05) is 42.5 Å². The highest BCUT2D eigenvalue weighted by Crippen LogP contribution is 2.44. The summed E-state index contributed by atoms with van der Waals surface area (Å²) in [5.41, 5.74) is 1.11. The number of benzene rings is 1. The van der Waals surface area contributed by atoms with Gasteiger partial charge in [0.05, 0.1) is 5.75 Å². The van der Waals surface area contributed by atoms with Crippen molar-refractivity contribution in [2.24, 2.45) is 11.8 Å². The van der Waals surface area contributed by atoms with E-state index in [4.69, 9.17) is 0 Å². The number of carbonyl (C=O) groups is 1. The largest absolute Gasteiger partial charge is 0.352 e. The van der Waals surface area contributed by atoms with Crippen LogP contribution in [0.1, 0.15) is 37.1 Å². The highest BCUT2D eigenvalue weighted by Gasteiger charge is 2.42. The molecule has 2 saturated carbocycles. The summed E-state index contributed by atoms with van der Waals surface area (Å²) in [4.78, 5) is 16.6. The predicted octanol–water partition coefficient (Wildman–Crippen LogP) is 3.37. The Bertz CT molecular complexity index is 738. The summed E-state index contributed by atoms with van der Waals surface area (Å²) in [7, 11) is 0. The van der Waals surface area contributed by atoms with E-state index in [2.05, 4.69) is 20.5 Å². The first-order valence-electron chi connectivity index (χ1n) is 8.85. The third-order valence-corrected chi connectivity index (χ3v) is 5.48. The van der Waals surface area contributed by atoms with Crippen LogP contribution >= 0.6 is 11.8 Å². The van der Waals surface area contributed by atoms with Gasteiger partial charge in [-0.15, -0.1) is 5.10 Å². The van der Waals surface area contributed by atoms with Crippen molar-refractivity contribution in [3.05, 3.63) is 41.7 Å². The second-order valence-corrected chi connectivity index (χ2v) is 7.75. The van der Waals surface area contributed by atoms with Gasteiger partial charge in [-0.1, -0.05) is 48.2 Å². The van der Waals surface area contributed by atoms with Crippen molar-refractivity contribution in [2.75, 3.05) is 5.75 Å². The van der Waals surface area contributed by atoms with Gasteiger partial charge in [0.2, 0.25) is 11.1 Å². The molecule has 2 aromatic rings. The van der Waals surface area contributed by atoms with Crippen LogP contribution < -0.4 is 5.32 Å². The predicted molar refractivity (Wildman–Crippen MR) is 99.9 cm³/mol. The normalized spacial score (nSPS) is 17.3. The summed E-state index contributed by atoms with van der Waals surface area (Å²) in [6, 6.07) is 10.5. The zero-order valence-electron chi connectivity index (χ0n) is 14.0. The maximum absolute atomic E-state index is 12.2. The molecule has 0 bridgehead atoms. The Morgan fingerprint density at radius 2 is 1.92 bits per heavy atom. The van der Waals surface area contributed by atoms with Gasteiger partial charge in [-0.3, -0.25) is 9.89 Å². The molecule has 2 fully saturated rings. The Morgan fingerprint density at radius 3 is 2.60 bits per heavy atom. The molecule has 1 amide bonds. The minimum absolute atomic E-state index is 0.0972. The second-order valence-electron chi connectivity index (χ2n) is 6.80. The van der Waals surface area contributed by atoms with Gasteiger partial charge in [0.25, 0.3) is 0 Å². The lowest BCUT2D eigenvalue weighted by Crippen LogP contribution is -2.39. The zero-order valence-corrected chi connectivity index (χ0v) is 14.8. The van der Waals surface area contributed by atoms with Crippen molar-refractivity contribution in [3.63, 3.8) is 0 Å². The molecule has 130 valence electrons. The average molecular weight is 354 g/mol. The lowest BCUT2D eigenvalue weighted by molar-refractivity contribution is -0.119. The van der Waals surface area contributed by atoms with E-state index in [9.17, 15) is 4.79 Å². The van der Waals surface area contributed by atoms with Gasteiger partial charge in [-0.25, -0.2) is 4.98 Å². The summed E-state index contributed by atoms with van der Waals surface area (Å²) in [5, 5.41) is 10.9. The molecule has 1 heterocycles. The van der Waals surface area contributed by atoms with Crippen molar-refractivity contribution in [1.82, 2.24) is 20.5 Å². The number of nitrogens with one attached hydrogen (secondary N) is 2. The van der Waals surface area contributed by atoms with E-state index in [0.29, 0.717) is 22.8 Å². The van der Waals surface area contributed by atoms with Gasteiger partial charge in [0.1, 0.15) is 5.82 Å². The number of hydrogen-bond acceptors (Lipinski definition) is 4. The maximum atomic E-state index is 12.2. The number of hydrogen-bond donors (Lipinski definition) is 2. The fourth-order valence-corrected chi connectivity index (χ4v) is 3.64. The summed E-state index contributed by atoms with van der Waals surface area (Å²) >= 11 is 1.38. The average Bonchev–Trinajstić information content (AvgIpc) is 3.56. The molecule has 0 spiro atoms. The molecule has 1 aromatic heterocycles. The first kappa shape index (κ1) is 16.4. The summed E-state index contributed by atoms with van der Waals surface area (Å²) in [6.07, 6.45) is 8.96.